The van der Waals surface area contributed by atoms with Crippen molar-refractivity contribution in [3.05, 3.63) is 100 Å². The highest BCUT2D eigenvalue weighted by Gasteiger charge is 2.23. The van der Waals surface area contributed by atoms with E-state index in [4.69, 9.17) is 34.3 Å². The summed E-state index contributed by atoms with van der Waals surface area (Å²) < 4.78 is 29.7. The Balaban J connectivity index is 1.96. The van der Waals surface area contributed by atoms with Crippen LogP contribution >= 0.6 is 23.2 Å². The predicted molar refractivity (Wildman–Crippen MR) is 145 cm³/mol. The molecule has 0 aromatic heterocycles. The third-order valence-electron chi connectivity index (χ3n) is 5.34. The Kier molecular flexibility index (Phi) is 9.65. The Morgan fingerprint density at radius 2 is 1.54 bits per heavy atom. The number of carbonyl (C=O) groups excluding carboxylic acids is 1. The molecule has 194 valence electrons. The smallest absolute Gasteiger partial charge is 0.285 e. The van der Waals surface area contributed by atoms with Gasteiger partial charge in [-0.15, -0.1) is 4.40 Å². The largest absolute Gasteiger partial charge is 0.394 e. The van der Waals surface area contributed by atoms with Crippen molar-refractivity contribution in [3.8, 4) is 0 Å². The lowest BCUT2D eigenvalue weighted by molar-refractivity contribution is -0.120. The summed E-state index contributed by atoms with van der Waals surface area (Å²) in [4.78, 5) is 11.6. The highest BCUT2D eigenvalue weighted by atomic mass is 35.5. The van der Waals surface area contributed by atoms with E-state index >= 15 is 0 Å². The Labute approximate surface area is 224 Å². The zero-order chi connectivity index (χ0) is 27.0. The van der Waals surface area contributed by atoms with Crippen molar-refractivity contribution in [2.45, 2.75) is 16.9 Å². The second-order valence-corrected chi connectivity index (χ2v) is 10.4. The van der Waals surface area contributed by atoms with Gasteiger partial charge in [-0.1, -0.05) is 65.7 Å². The van der Waals surface area contributed by atoms with Crippen LogP contribution in [0.15, 0.2) is 88.2 Å². The average molecular weight is 562 g/mol. The Morgan fingerprint density at radius 3 is 2.08 bits per heavy atom. The first-order valence-electron chi connectivity index (χ1n) is 11.0. The molecule has 3 rings (SSSR count). The molecular formula is C25H25Cl2N5O4S. The first kappa shape index (κ1) is 28.1. The van der Waals surface area contributed by atoms with Crippen molar-refractivity contribution in [2.24, 2.45) is 10.1 Å². The van der Waals surface area contributed by atoms with Crippen LogP contribution in [0.5, 0.6) is 0 Å². The van der Waals surface area contributed by atoms with Gasteiger partial charge in [-0.3, -0.25) is 4.79 Å². The maximum absolute atomic E-state index is 13.0. The van der Waals surface area contributed by atoms with Crippen LogP contribution in [0.1, 0.15) is 17.0 Å². The van der Waals surface area contributed by atoms with Gasteiger partial charge < -0.3 is 26.9 Å². The molecule has 0 unspecified atom stereocenters. The summed E-state index contributed by atoms with van der Waals surface area (Å²) in [6, 6.07) is 20.0. The van der Waals surface area contributed by atoms with E-state index in [2.05, 4.69) is 15.0 Å². The fraction of sp³-hybridized carbons (Fsp3) is 0.160. The number of nitrogens with one attached hydrogen (secondary N) is 3. The van der Waals surface area contributed by atoms with Gasteiger partial charge in [0.15, 0.2) is 0 Å². The van der Waals surface area contributed by atoms with Gasteiger partial charge in [0.1, 0.15) is 6.04 Å². The summed E-state index contributed by atoms with van der Waals surface area (Å²) in [5.74, 6) is -1.78. The number of nitrogens with two attached hydrogens (primary N) is 1. The van der Waals surface area contributed by atoms with Gasteiger partial charge in [-0.25, -0.2) is 0 Å². The molecule has 2 atom stereocenters. The molecule has 37 heavy (non-hydrogen) atoms. The van der Waals surface area contributed by atoms with Gasteiger partial charge in [-0.2, -0.15) is 8.42 Å². The predicted octanol–water partition coefficient (Wildman–Crippen LogP) is 2.92. The van der Waals surface area contributed by atoms with Gasteiger partial charge in [0.25, 0.3) is 10.0 Å². The van der Waals surface area contributed by atoms with E-state index in [1.165, 1.54) is 24.3 Å². The molecule has 9 nitrogen and oxygen atoms in total. The lowest BCUT2D eigenvalue weighted by atomic mass is 9.90. The molecule has 0 saturated carbocycles. The lowest BCUT2D eigenvalue weighted by Gasteiger charge is -2.23. The van der Waals surface area contributed by atoms with Crippen LogP contribution in [0.2, 0.25) is 10.0 Å². The monoisotopic (exact) mass is 561 g/mol. The molecule has 0 aliphatic carbocycles. The molecule has 0 fully saturated rings. The summed E-state index contributed by atoms with van der Waals surface area (Å²) in [5.41, 5.74) is 6.95. The number of aliphatic hydroxyl groups is 1. The van der Waals surface area contributed by atoms with E-state index in [1.54, 1.807) is 24.3 Å². The molecule has 0 radical (unpaired) electrons. The van der Waals surface area contributed by atoms with E-state index in [-0.39, 0.29) is 23.1 Å². The number of guanidine groups is 1. The van der Waals surface area contributed by atoms with Crippen LogP contribution in [0.25, 0.3) is 0 Å². The summed E-state index contributed by atoms with van der Waals surface area (Å²) in [7, 11) is -4.24. The molecule has 12 heteroatoms. The molecule has 6 N–H and O–H groups in total. The van der Waals surface area contributed by atoms with Crippen molar-refractivity contribution < 1.29 is 18.3 Å². The zero-order valence-corrected chi connectivity index (χ0v) is 21.8. The molecule has 0 bridgehead atoms. The fourth-order valence-corrected chi connectivity index (χ4v) is 4.56. The van der Waals surface area contributed by atoms with E-state index in [0.29, 0.717) is 15.6 Å². The molecule has 0 spiro atoms. The highest BCUT2D eigenvalue weighted by Crippen LogP contribution is 2.22. The zero-order valence-electron chi connectivity index (χ0n) is 19.4. The second kappa shape index (κ2) is 12.7. The van der Waals surface area contributed by atoms with Gasteiger partial charge in [0.05, 0.1) is 11.5 Å². The van der Waals surface area contributed by atoms with E-state index in [0.717, 1.165) is 5.56 Å². The number of benzene rings is 3. The molecule has 3 aromatic rings. The number of hydrogen-bond donors (Lipinski definition) is 5. The van der Waals surface area contributed by atoms with Gasteiger partial charge >= 0.3 is 0 Å². The van der Waals surface area contributed by atoms with Crippen LogP contribution in [0.4, 0.5) is 0 Å². The van der Waals surface area contributed by atoms with Crippen LogP contribution in [-0.2, 0) is 14.8 Å². The van der Waals surface area contributed by atoms with Crippen molar-refractivity contribution in [1.82, 2.24) is 10.6 Å². The van der Waals surface area contributed by atoms with Crippen molar-refractivity contribution in [1.29, 1.82) is 5.41 Å². The minimum absolute atomic E-state index is 0.0182. The Bertz CT molecular complexity index is 1370. The molecule has 0 heterocycles. The number of amides is 1. The first-order chi connectivity index (χ1) is 17.6. The van der Waals surface area contributed by atoms with Gasteiger partial charge in [-0.05, 0) is 47.5 Å². The molecule has 3 aromatic carbocycles. The van der Waals surface area contributed by atoms with Gasteiger partial charge in [0.2, 0.25) is 11.9 Å². The number of rotatable bonds is 10. The Hall–Kier alpha value is -3.44. The van der Waals surface area contributed by atoms with Crippen LogP contribution in [0, 0.1) is 5.41 Å². The molecule has 0 aliphatic heterocycles. The number of nitrogens with zero attached hydrogens (tertiary/aromatic N) is 1. The van der Waals surface area contributed by atoms with Gasteiger partial charge in [0, 0.05) is 28.2 Å². The van der Waals surface area contributed by atoms with Crippen molar-refractivity contribution in [2.75, 3.05) is 13.2 Å². The normalized spacial score (nSPS) is 13.4. The quantitative estimate of drug-likeness (QED) is 0.189. The topological polar surface area (TPSA) is 158 Å². The van der Waals surface area contributed by atoms with Crippen LogP contribution in [0.3, 0.4) is 0 Å². The molecular weight excluding hydrogens is 537 g/mol. The number of sulfonamides is 1. The minimum Gasteiger partial charge on any atom is -0.394 e. The first-order valence-corrected chi connectivity index (χ1v) is 13.2. The number of primary amides is 1. The van der Waals surface area contributed by atoms with Crippen molar-refractivity contribution in [3.63, 3.8) is 0 Å². The summed E-state index contributed by atoms with van der Waals surface area (Å²) >= 11 is 11.9. The van der Waals surface area contributed by atoms with E-state index in [9.17, 15) is 18.3 Å². The number of hydrogen-bond acceptors (Lipinski definition) is 5. The third kappa shape index (κ3) is 7.77. The van der Waals surface area contributed by atoms with E-state index in [1.807, 2.05) is 30.3 Å². The number of carbonyl (C=O) groups is 1. The average Bonchev–Trinajstić information content (AvgIpc) is 2.88. The summed E-state index contributed by atoms with van der Waals surface area (Å²) in [5, 5.41) is 24.7. The third-order valence-corrected chi connectivity index (χ3v) is 7.13. The molecule has 0 saturated heterocycles. The highest BCUT2D eigenvalue weighted by molar-refractivity contribution is 7.90. The fourth-order valence-electron chi connectivity index (χ4n) is 3.36. The van der Waals surface area contributed by atoms with Crippen molar-refractivity contribution >= 4 is 50.8 Å². The second-order valence-electron chi connectivity index (χ2n) is 7.92. The molecule has 0 aliphatic rings. The maximum atomic E-state index is 13.0. The SMILES string of the molecule is N=C(c1ccc(Cl)cc1)[C@@H](CN/C(=N/S(=O)(=O)c1ccc(Cl)cc1)N[C@H](CO)C(N)=O)c1ccccc1. The standard InChI is InChI=1S/C25H25Cl2N5O4S/c26-18-8-6-17(7-9-18)23(28)21(16-4-2-1-3-5-16)14-30-25(31-22(15-33)24(29)34)32-37(35,36)20-12-10-19(27)11-13-20/h1-13,21-22,28,33H,14-15H2,(H2,29,34)(H2,30,31,32)/t21-,22+/m0/s1. The van der Waals surface area contributed by atoms with E-state index < -0.39 is 34.5 Å². The molecule has 1 amide bonds. The number of halogens is 2. The minimum atomic E-state index is -4.24. The maximum Gasteiger partial charge on any atom is 0.285 e. The Morgan fingerprint density at radius 1 is 0.973 bits per heavy atom. The summed E-state index contributed by atoms with van der Waals surface area (Å²) in [6.45, 7) is -0.676. The van der Waals surface area contributed by atoms with Crippen LogP contribution in [-0.4, -0.2) is 50.3 Å². The lowest BCUT2D eigenvalue weighted by Crippen LogP contribution is -2.52. The number of aliphatic hydroxyl groups excluding tert-OH is 1. The summed E-state index contributed by atoms with van der Waals surface area (Å²) in [6.07, 6.45) is 0. The van der Waals surface area contributed by atoms with Crippen LogP contribution < -0.4 is 16.4 Å².